The van der Waals surface area contributed by atoms with Crippen molar-refractivity contribution in [1.82, 2.24) is 4.90 Å². The molecule has 1 atom stereocenters. The van der Waals surface area contributed by atoms with Crippen LogP contribution in [-0.4, -0.2) is 41.8 Å². The summed E-state index contributed by atoms with van der Waals surface area (Å²) in [7, 11) is 0. The minimum absolute atomic E-state index is 0.345. The summed E-state index contributed by atoms with van der Waals surface area (Å²) in [5.41, 5.74) is 4.80. The molecule has 0 aromatic rings. The summed E-state index contributed by atoms with van der Waals surface area (Å²) in [5.74, 6) is 0.884. The zero-order chi connectivity index (χ0) is 10.6. The molecule has 1 saturated carbocycles. The quantitative estimate of drug-likeness (QED) is 0.639. The number of nitrogens with zero attached hydrogens (tertiary/aromatic N) is 1. The van der Waals surface area contributed by atoms with Crippen molar-refractivity contribution in [2.75, 3.05) is 26.2 Å². The standard InChI is InChI=1S/C11H24N2O/c1-3-6-13(7-10-4-5-10)9-11(2,14)8-12/h10,14H,3-9,12H2,1-2H3. The van der Waals surface area contributed by atoms with Crippen LogP contribution in [0.15, 0.2) is 0 Å². The van der Waals surface area contributed by atoms with Gasteiger partial charge in [0.25, 0.3) is 0 Å². The minimum Gasteiger partial charge on any atom is -0.388 e. The number of rotatable bonds is 7. The molecule has 1 unspecified atom stereocenters. The zero-order valence-electron chi connectivity index (χ0n) is 9.50. The van der Waals surface area contributed by atoms with Crippen LogP contribution in [-0.2, 0) is 0 Å². The Hall–Kier alpha value is -0.120. The molecule has 1 rings (SSSR count). The molecule has 0 radical (unpaired) electrons. The van der Waals surface area contributed by atoms with Gasteiger partial charge in [-0.3, -0.25) is 0 Å². The highest BCUT2D eigenvalue weighted by atomic mass is 16.3. The van der Waals surface area contributed by atoms with E-state index in [4.69, 9.17) is 5.73 Å². The van der Waals surface area contributed by atoms with Gasteiger partial charge in [0, 0.05) is 19.6 Å². The second-order valence-corrected chi connectivity index (χ2v) is 4.88. The Kier molecular flexibility index (Phi) is 4.35. The SMILES string of the molecule is CCCN(CC1CC1)CC(C)(O)CN. The number of hydrogen-bond donors (Lipinski definition) is 2. The van der Waals surface area contributed by atoms with Crippen LogP contribution in [0.1, 0.15) is 33.1 Å². The molecular weight excluding hydrogens is 176 g/mol. The Bertz CT molecular complexity index is 167. The molecule has 1 aliphatic carbocycles. The molecule has 0 heterocycles. The smallest absolute Gasteiger partial charge is 0.0867 e. The van der Waals surface area contributed by atoms with Gasteiger partial charge in [0.2, 0.25) is 0 Å². The zero-order valence-corrected chi connectivity index (χ0v) is 9.50. The average Bonchev–Trinajstić information content (AvgIpc) is 2.88. The fourth-order valence-electron chi connectivity index (χ4n) is 1.76. The lowest BCUT2D eigenvalue weighted by molar-refractivity contribution is 0.0259. The van der Waals surface area contributed by atoms with Gasteiger partial charge in [0.1, 0.15) is 0 Å². The van der Waals surface area contributed by atoms with Crippen molar-refractivity contribution in [3.8, 4) is 0 Å². The van der Waals surface area contributed by atoms with Crippen molar-refractivity contribution < 1.29 is 5.11 Å². The van der Waals surface area contributed by atoms with Gasteiger partial charge in [0.05, 0.1) is 5.60 Å². The van der Waals surface area contributed by atoms with Gasteiger partial charge in [-0.25, -0.2) is 0 Å². The van der Waals surface area contributed by atoms with Gasteiger partial charge in [-0.15, -0.1) is 0 Å². The maximum atomic E-state index is 9.89. The van der Waals surface area contributed by atoms with Crippen LogP contribution in [0.2, 0.25) is 0 Å². The first-order valence-electron chi connectivity index (χ1n) is 5.72. The Morgan fingerprint density at radius 1 is 1.50 bits per heavy atom. The molecule has 0 aromatic heterocycles. The van der Waals surface area contributed by atoms with Crippen molar-refractivity contribution in [1.29, 1.82) is 0 Å². The van der Waals surface area contributed by atoms with Crippen molar-refractivity contribution in [2.45, 2.75) is 38.7 Å². The lowest BCUT2D eigenvalue weighted by Crippen LogP contribution is -2.46. The molecule has 0 amide bonds. The Balaban J connectivity index is 2.32. The summed E-state index contributed by atoms with van der Waals surface area (Å²) in [4.78, 5) is 2.35. The van der Waals surface area contributed by atoms with E-state index < -0.39 is 5.60 Å². The molecule has 0 aromatic carbocycles. The van der Waals surface area contributed by atoms with Crippen LogP contribution < -0.4 is 5.73 Å². The summed E-state index contributed by atoms with van der Waals surface area (Å²) in [6, 6.07) is 0. The summed E-state index contributed by atoms with van der Waals surface area (Å²) >= 11 is 0. The van der Waals surface area contributed by atoms with Gasteiger partial charge in [-0.05, 0) is 38.6 Å². The molecule has 1 aliphatic rings. The first-order chi connectivity index (χ1) is 6.57. The van der Waals surface area contributed by atoms with Gasteiger partial charge < -0.3 is 15.7 Å². The predicted octanol–water partition coefficient (Wildman–Crippen LogP) is 0.818. The normalized spacial score (nSPS) is 21.2. The van der Waals surface area contributed by atoms with Crippen LogP contribution in [0.25, 0.3) is 0 Å². The highest BCUT2D eigenvalue weighted by Gasteiger charge is 2.27. The summed E-state index contributed by atoms with van der Waals surface area (Å²) < 4.78 is 0. The summed E-state index contributed by atoms with van der Waals surface area (Å²) in [6.07, 6.45) is 3.88. The number of nitrogens with two attached hydrogens (primary N) is 1. The predicted molar refractivity (Wildman–Crippen MR) is 59.1 cm³/mol. The molecule has 84 valence electrons. The molecule has 1 fully saturated rings. The van der Waals surface area contributed by atoms with E-state index in [1.807, 2.05) is 6.92 Å². The maximum absolute atomic E-state index is 9.89. The molecule has 0 spiro atoms. The van der Waals surface area contributed by atoms with E-state index in [-0.39, 0.29) is 0 Å². The summed E-state index contributed by atoms with van der Waals surface area (Å²) in [6.45, 7) is 7.28. The van der Waals surface area contributed by atoms with Gasteiger partial charge >= 0.3 is 0 Å². The molecule has 3 N–H and O–H groups in total. The van der Waals surface area contributed by atoms with Gasteiger partial charge in [-0.1, -0.05) is 6.92 Å². The van der Waals surface area contributed by atoms with Crippen molar-refractivity contribution in [3.63, 3.8) is 0 Å². The third kappa shape index (κ3) is 4.40. The number of hydrogen-bond acceptors (Lipinski definition) is 3. The van der Waals surface area contributed by atoms with E-state index in [0.717, 1.165) is 25.4 Å². The van der Waals surface area contributed by atoms with E-state index in [2.05, 4.69) is 11.8 Å². The lowest BCUT2D eigenvalue weighted by Gasteiger charge is -2.30. The summed E-state index contributed by atoms with van der Waals surface area (Å²) in [5, 5.41) is 9.89. The van der Waals surface area contributed by atoms with Crippen LogP contribution in [0.3, 0.4) is 0 Å². The first-order valence-corrected chi connectivity index (χ1v) is 5.72. The van der Waals surface area contributed by atoms with Gasteiger partial charge in [0.15, 0.2) is 0 Å². The largest absolute Gasteiger partial charge is 0.388 e. The topological polar surface area (TPSA) is 49.5 Å². The van der Waals surface area contributed by atoms with Crippen LogP contribution in [0.4, 0.5) is 0 Å². The minimum atomic E-state index is -0.718. The second kappa shape index (κ2) is 5.10. The monoisotopic (exact) mass is 200 g/mol. The second-order valence-electron chi connectivity index (χ2n) is 4.88. The Labute approximate surface area is 87.3 Å². The molecule has 3 nitrogen and oxygen atoms in total. The Morgan fingerprint density at radius 3 is 2.57 bits per heavy atom. The van der Waals surface area contributed by atoms with Crippen LogP contribution in [0.5, 0.6) is 0 Å². The molecule has 0 aliphatic heterocycles. The molecular formula is C11H24N2O. The molecule has 0 saturated heterocycles. The molecule has 0 bridgehead atoms. The lowest BCUT2D eigenvalue weighted by atomic mass is 10.1. The first kappa shape index (κ1) is 12.0. The van der Waals surface area contributed by atoms with E-state index in [1.165, 1.54) is 12.8 Å². The van der Waals surface area contributed by atoms with Crippen LogP contribution >= 0.6 is 0 Å². The molecule has 3 heteroatoms. The fraction of sp³-hybridized carbons (Fsp3) is 1.00. The third-order valence-electron chi connectivity index (χ3n) is 2.76. The van der Waals surface area contributed by atoms with E-state index in [0.29, 0.717) is 13.1 Å². The highest BCUT2D eigenvalue weighted by Crippen LogP contribution is 2.30. The van der Waals surface area contributed by atoms with E-state index in [1.54, 1.807) is 0 Å². The maximum Gasteiger partial charge on any atom is 0.0867 e. The van der Waals surface area contributed by atoms with Gasteiger partial charge in [-0.2, -0.15) is 0 Å². The Morgan fingerprint density at radius 2 is 2.14 bits per heavy atom. The fourth-order valence-corrected chi connectivity index (χ4v) is 1.76. The molecule has 14 heavy (non-hydrogen) atoms. The van der Waals surface area contributed by atoms with E-state index in [9.17, 15) is 5.11 Å². The van der Waals surface area contributed by atoms with Crippen molar-refractivity contribution in [2.24, 2.45) is 11.7 Å². The highest BCUT2D eigenvalue weighted by molar-refractivity contribution is 4.82. The van der Waals surface area contributed by atoms with Crippen LogP contribution in [0, 0.1) is 5.92 Å². The third-order valence-corrected chi connectivity index (χ3v) is 2.76. The number of aliphatic hydroxyl groups is 1. The van der Waals surface area contributed by atoms with Crippen molar-refractivity contribution >= 4 is 0 Å². The van der Waals surface area contributed by atoms with E-state index >= 15 is 0 Å². The van der Waals surface area contributed by atoms with Crippen molar-refractivity contribution in [3.05, 3.63) is 0 Å². The average molecular weight is 200 g/mol.